The molecule has 1 saturated heterocycles. The highest BCUT2D eigenvalue weighted by molar-refractivity contribution is 5.77. The molecule has 1 aliphatic heterocycles. The minimum absolute atomic E-state index is 0.121. The minimum Gasteiger partial charge on any atom is -0.488 e. The van der Waals surface area contributed by atoms with Crippen molar-refractivity contribution < 1.29 is 14.3 Å². The van der Waals surface area contributed by atoms with Gasteiger partial charge in [0.2, 0.25) is 0 Å². The highest BCUT2D eigenvalue weighted by Crippen LogP contribution is 2.36. The first-order valence-corrected chi connectivity index (χ1v) is 9.97. The van der Waals surface area contributed by atoms with E-state index in [0.29, 0.717) is 18.8 Å². The Kier molecular flexibility index (Phi) is 5.96. The third kappa shape index (κ3) is 5.16. The number of ether oxygens (including phenoxy) is 2. The maximum atomic E-state index is 12.4. The number of nitrogens with two attached hydrogens (primary N) is 1. The standard InChI is InChI=1S/C22H30N4O3/c1-14-20(15(2)25-13-24-14)18-11-16(23)8-9-19(18)28-17-7-6-10-26(12-17)21(27)29-22(3,4)5/h8-9,11,13,17H,6-7,10,12,23H2,1-5H3/t17-/m1/s1. The number of amides is 1. The number of piperidine rings is 1. The van der Waals surface area contributed by atoms with Crippen molar-refractivity contribution >= 4 is 11.8 Å². The quantitative estimate of drug-likeness (QED) is 0.782. The monoisotopic (exact) mass is 398 g/mol. The largest absolute Gasteiger partial charge is 0.488 e. The average Bonchev–Trinajstić information content (AvgIpc) is 2.62. The van der Waals surface area contributed by atoms with Crippen molar-refractivity contribution in [2.75, 3.05) is 18.8 Å². The van der Waals surface area contributed by atoms with Gasteiger partial charge in [0.1, 0.15) is 23.8 Å². The molecule has 7 heteroatoms. The van der Waals surface area contributed by atoms with Crippen LogP contribution in [-0.4, -0.2) is 45.8 Å². The molecule has 3 rings (SSSR count). The van der Waals surface area contributed by atoms with Crippen LogP contribution in [0.5, 0.6) is 5.75 Å². The maximum Gasteiger partial charge on any atom is 0.410 e. The summed E-state index contributed by atoms with van der Waals surface area (Å²) in [6.45, 7) is 10.7. The number of hydrogen-bond acceptors (Lipinski definition) is 6. The predicted octanol–water partition coefficient (Wildman–Crippen LogP) is 4.12. The Hall–Kier alpha value is -2.83. The molecule has 0 bridgehead atoms. The molecule has 1 fully saturated rings. The Morgan fingerprint density at radius 3 is 2.55 bits per heavy atom. The second-order valence-corrected chi connectivity index (χ2v) is 8.48. The normalized spacial score (nSPS) is 17.1. The summed E-state index contributed by atoms with van der Waals surface area (Å²) in [5.74, 6) is 0.719. The summed E-state index contributed by atoms with van der Waals surface area (Å²) in [5.41, 5.74) is 9.71. The number of carbonyl (C=O) groups excluding carboxylic acids is 1. The lowest BCUT2D eigenvalue weighted by atomic mass is 10.0. The van der Waals surface area contributed by atoms with Crippen LogP contribution in [-0.2, 0) is 4.74 Å². The first-order chi connectivity index (χ1) is 13.6. The molecule has 1 aromatic heterocycles. The van der Waals surface area contributed by atoms with Gasteiger partial charge in [-0.05, 0) is 65.7 Å². The lowest BCUT2D eigenvalue weighted by Crippen LogP contribution is -2.46. The molecule has 0 aliphatic carbocycles. The van der Waals surface area contributed by atoms with E-state index in [0.717, 1.165) is 41.1 Å². The number of benzene rings is 1. The number of rotatable bonds is 3. The zero-order valence-corrected chi connectivity index (χ0v) is 17.9. The van der Waals surface area contributed by atoms with Gasteiger partial charge < -0.3 is 20.1 Å². The third-order valence-corrected chi connectivity index (χ3v) is 4.82. The van der Waals surface area contributed by atoms with E-state index in [1.807, 2.05) is 52.8 Å². The molecule has 1 amide bonds. The van der Waals surface area contributed by atoms with E-state index in [1.165, 1.54) is 0 Å². The van der Waals surface area contributed by atoms with Gasteiger partial charge in [0.25, 0.3) is 0 Å². The Morgan fingerprint density at radius 2 is 1.90 bits per heavy atom. The van der Waals surface area contributed by atoms with E-state index >= 15 is 0 Å². The molecule has 2 heterocycles. The predicted molar refractivity (Wildman–Crippen MR) is 113 cm³/mol. The summed E-state index contributed by atoms with van der Waals surface area (Å²) < 4.78 is 11.9. The van der Waals surface area contributed by atoms with Crippen LogP contribution in [0.1, 0.15) is 45.0 Å². The molecule has 1 aromatic carbocycles. The van der Waals surface area contributed by atoms with E-state index in [9.17, 15) is 4.79 Å². The highest BCUT2D eigenvalue weighted by Gasteiger charge is 2.29. The first-order valence-electron chi connectivity index (χ1n) is 9.97. The number of nitrogen functional groups attached to an aromatic ring is 1. The van der Waals surface area contributed by atoms with Crippen molar-refractivity contribution in [3.63, 3.8) is 0 Å². The third-order valence-electron chi connectivity index (χ3n) is 4.82. The molecular weight excluding hydrogens is 368 g/mol. The Balaban J connectivity index is 1.83. The zero-order valence-electron chi connectivity index (χ0n) is 17.9. The summed E-state index contributed by atoms with van der Waals surface area (Å²) in [6.07, 6.45) is 2.86. The number of nitrogens with zero attached hydrogens (tertiary/aromatic N) is 3. The van der Waals surface area contributed by atoms with Gasteiger partial charge in [0.05, 0.1) is 6.54 Å². The van der Waals surface area contributed by atoms with Crippen LogP contribution < -0.4 is 10.5 Å². The van der Waals surface area contributed by atoms with Gasteiger partial charge in [-0.1, -0.05) is 0 Å². The average molecular weight is 399 g/mol. The molecule has 29 heavy (non-hydrogen) atoms. The van der Waals surface area contributed by atoms with Gasteiger partial charge in [-0.15, -0.1) is 0 Å². The topological polar surface area (TPSA) is 90.6 Å². The van der Waals surface area contributed by atoms with Crippen molar-refractivity contribution in [3.05, 3.63) is 35.9 Å². The Labute approximate surface area is 172 Å². The van der Waals surface area contributed by atoms with Gasteiger partial charge >= 0.3 is 6.09 Å². The van der Waals surface area contributed by atoms with Crippen LogP contribution in [0.4, 0.5) is 10.5 Å². The number of aryl methyl sites for hydroxylation is 2. The summed E-state index contributed by atoms with van der Waals surface area (Å²) in [7, 11) is 0. The molecular formula is C22H30N4O3. The summed E-state index contributed by atoms with van der Waals surface area (Å²) >= 11 is 0. The van der Waals surface area contributed by atoms with Gasteiger partial charge in [0, 0.05) is 34.7 Å². The molecule has 0 spiro atoms. The maximum absolute atomic E-state index is 12.4. The van der Waals surface area contributed by atoms with Crippen LogP contribution in [0.15, 0.2) is 24.5 Å². The molecule has 0 unspecified atom stereocenters. The number of hydrogen-bond donors (Lipinski definition) is 1. The van der Waals surface area contributed by atoms with Crippen LogP contribution in [0.25, 0.3) is 11.1 Å². The van der Waals surface area contributed by atoms with Gasteiger partial charge in [-0.2, -0.15) is 0 Å². The highest BCUT2D eigenvalue weighted by atomic mass is 16.6. The fraction of sp³-hybridized carbons (Fsp3) is 0.500. The van der Waals surface area contributed by atoms with E-state index in [2.05, 4.69) is 9.97 Å². The lowest BCUT2D eigenvalue weighted by molar-refractivity contribution is 0.00783. The van der Waals surface area contributed by atoms with Crippen molar-refractivity contribution in [1.29, 1.82) is 0 Å². The SMILES string of the molecule is Cc1ncnc(C)c1-c1cc(N)ccc1O[C@@H]1CCCN(C(=O)OC(C)(C)C)C1. The summed E-state index contributed by atoms with van der Waals surface area (Å²) in [5, 5.41) is 0. The molecule has 0 saturated carbocycles. The molecule has 7 nitrogen and oxygen atoms in total. The molecule has 0 radical (unpaired) electrons. The first kappa shape index (κ1) is 20.9. The van der Waals surface area contributed by atoms with Crippen molar-refractivity contribution in [2.24, 2.45) is 0 Å². The minimum atomic E-state index is -0.516. The Morgan fingerprint density at radius 1 is 1.21 bits per heavy atom. The van der Waals surface area contributed by atoms with Gasteiger partial charge in [0.15, 0.2) is 0 Å². The zero-order chi connectivity index (χ0) is 21.2. The van der Waals surface area contributed by atoms with Crippen LogP contribution >= 0.6 is 0 Å². The molecule has 1 atom stereocenters. The van der Waals surface area contributed by atoms with E-state index in [1.54, 1.807) is 11.2 Å². The van der Waals surface area contributed by atoms with Crippen molar-refractivity contribution in [2.45, 2.75) is 59.2 Å². The lowest BCUT2D eigenvalue weighted by Gasteiger charge is -2.34. The fourth-order valence-electron chi connectivity index (χ4n) is 3.53. The molecule has 2 aromatic rings. The second-order valence-electron chi connectivity index (χ2n) is 8.48. The van der Waals surface area contributed by atoms with Crippen LogP contribution in [0, 0.1) is 13.8 Å². The van der Waals surface area contributed by atoms with Crippen LogP contribution in [0.2, 0.25) is 0 Å². The fourth-order valence-corrected chi connectivity index (χ4v) is 3.53. The number of aromatic nitrogens is 2. The molecule has 2 N–H and O–H groups in total. The number of anilines is 1. The number of carbonyl (C=O) groups is 1. The summed E-state index contributed by atoms with van der Waals surface area (Å²) in [6, 6.07) is 5.59. The molecule has 156 valence electrons. The van der Waals surface area contributed by atoms with Gasteiger partial charge in [-0.3, -0.25) is 0 Å². The Bertz CT molecular complexity index is 872. The number of likely N-dealkylation sites (tertiary alicyclic amines) is 1. The van der Waals surface area contributed by atoms with E-state index in [4.69, 9.17) is 15.2 Å². The van der Waals surface area contributed by atoms with Crippen molar-refractivity contribution in [1.82, 2.24) is 14.9 Å². The van der Waals surface area contributed by atoms with Gasteiger partial charge in [-0.25, -0.2) is 14.8 Å². The van der Waals surface area contributed by atoms with Crippen LogP contribution in [0.3, 0.4) is 0 Å². The smallest absolute Gasteiger partial charge is 0.410 e. The van der Waals surface area contributed by atoms with Crippen molar-refractivity contribution in [3.8, 4) is 16.9 Å². The molecule has 1 aliphatic rings. The summed E-state index contributed by atoms with van der Waals surface area (Å²) in [4.78, 5) is 22.8. The van der Waals surface area contributed by atoms with E-state index < -0.39 is 5.60 Å². The second kappa shape index (κ2) is 8.27. The van der Waals surface area contributed by atoms with E-state index in [-0.39, 0.29) is 12.2 Å².